The molecule has 9 heteroatoms. The van der Waals surface area contributed by atoms with Crippen LogP contribution >= 0.6 is 0 Å². The first kappa shape index (κ1) is 21.0. The molecule has 156 valence electrons. The highest BCUT2D eigenvalue weighted by Gasteiger charge is 2.45. The van der Waals surface area contributed by atoms with Crippen LogP contribution in [0.25, 0.3) is 0 Å². The first-order valence-electron chi connectivity index (χ1n) is 9.03. The van der Waals surface area contributed by atoms with Gasteiger partial charge in [0.1, 0.15) is 41.5 Å². The van der Waals surface area contributed by atoms with Crippen LogP contribution < -0.4 is 10.1 Å². The third kappa shape index (κ3) is 4.66. The maximum atomic E-state index is 12.6. The van der Waals surface area contributed by atoms with Crippen LogP contribution in [0, 0.1) is 0 Å². The zero-order valence-corrected chi connectivity index (χ0v) is 15.4. The second-order valence-corrected chi connectivity index (χ2v) is 6.63. The number of benzene rings is 2. The molecule has 0 aliphatic carbocycles. The van der Waals surface area contributed by atoms with Gasteiger partial charge in [0.15, 0.2) is 0 Å². The Hall–Kier alpha value is -2.69. The Kier molecular flexibility index (Phi) is 6.68. The summed E-state index contributed by atoms with van der Waals surface area (Å²) >= 11 is 0. The number of rotatable bonds is 6. The van der Waals surface area contributed by atoms with E-state index >= 15 is 0 Å². The third-order valence-corrected chi connectivity index (χ3v) is 4.62. The van der Waals surface area contributed by atoms with Gasteiger partial charge < -0.3 is 40.3 Å². The van der Waals surface area contributed by atoms with Crippen LogP contribution in [-0.2, 0) is 11.3 Å². The van der Waals surface area contributed by atoms with Crippen molar-refractivity contribution in [2.75, 3.05) is 6.61 Å². The van der Waals surface area contributed by atoms with Crippen LogP contribution in [-0.4, -0.2) is 68.8 Å². The Morgan fingerprint density at radius 2 is 1.72 bits per heavy atom. The van der Waals surface area contributed by atoms with Gasteiger partial charge in [0.05, 0.1) is 6.61 Å². The van der Waals surface area contributed by atoms with Gasteiger partial charge in [-0.3, -0.25) is 4.79 Å². The predicted molar refractivity (Wildman–Crippen MR) is 100 cm³/mol. The number of nitrogens with one attached hydrogen (secondary N) is 1. The van der Waals surface area contributed by atoms with Crippen molar-refractivity contribution >= 4 is 5.91 Å². The number of phenols is 1. The molecule has 0 aromatic heterocycles. The smallest absolute Gasteiger partial charge is 0.259 e. The molecule has 6 N–H and O–H groups in total. The van der Waals surface area contributed by atoms with Gasteiger partial charge in [-0.15, -0.1) is 0 Å². The summed E-state index contributed by atoms with van der Waals surface area (Å²) < 4.78 is 10.8. The SMILES string of the molecule is O=C(NCc1ccccc1)c1c(O)cccc1O[C@@H]1O[C@H](CO)[C@@H](O)[C@H](O)[C@H]1O. The standard InChI is InChI=1S/C20H23NO8/c22-10-14-16(24)17(25)18(26)20(29-14)28-13-8-4-7-12(23)15(13)19(27)21-9-11-5-2-1-3-6-11/h1-8,14,16-18,20,22-26H,9-10H2,(H,21,27)/t14-,16-,17+,18-,20-/m1/s1. The van der Waals surface area contributed by atoms with E-state index in [2.05, 4.69) is 5.32 Å². The van der Waals surface area contributed by atoms with Crippen molar-refractivity contribution < 1.29 is 39.8 Å². The first-order valence-corrected chi connectivity index (χ1v) is 9.03. The normalized spacial score (nSPS) is 26.7. The highest BCUT2D eigenvalue weighted by atomic mass is 16.7. The van der Waals surface area contributed by atoms with E-state index in [9.17, 15) is 30.3 Å². The second kappa shape index (κ2) is 9.21. The molecule has 2 aromatic rings. The second-order valence-electron chi connectivity index (χ2n) is 6.63. The Morgan fingerprint density at radius 1 is 1.00 bits per heavy atom. The zero-order valence-electron chi connectivity index (χ0n) is 15.4. The first-order chi connectivity index (χ1) is 13.9. The Labute approximate surface area is 166 Å². The minimum absolute atomic E-state index is 0.0973. The minimum atomic E-state index is -1.64. The Morgan fingerprint density at radius 3 is 2.41 bits per heavy atom. The molecule has 9 nitrogen and oxygen atoms in total. The molecular formula is C20H23NO8. The molecule has 5 atom stereocenters. The number of phenolic OH excluding ortho intramolecular Hbond substituents is 1. The molecule has 0 saturated carbocycles. The van der Waals surface area contributed by atoms with Crippen molar-refractivity contribution in [1.82, 2.24) is 5.32 Å². The summed E-state index contributed by atoms with van der Waals surface area (Å²) in [6.45, 7) is -0.400. The molecule has 0 unspecified atom stereocenters. The number of carbonyl (C=O) groups is 1. The summed E-state index contributed by atoms with van der Waals surface area (Å²) in [5, 5.41) is 52.0. The molecule has 3 rings (SSSR count). The van der Waals surface area contributed by atoms with Gasteiger partial charge in [0, 0.05) is 6.54 Å². The topological polar surface area (TPSA) is 149 Å². The van der Waals surface area contributed by atoms with Crippen LogP contribution in [0.1, 0.15) is 15.9 Å². The molecule has 0 radical (unpaired) electrons. The van der Waals surface area contributed by atoms with E-state index in [1.54, 1.807) is 0 Å². The van der Waals surface area contributed by atoms with Gasteiger partial charge in [-0.25, -0.2) is 0 Å². The number of aliphatic hydroxyl groups is 4. The Bertz CT molecular complexity index is 828. The van der Waals surface area contributed by atoms with Gasteiger partial charge in [0.2, 0.25) is 6.29 Å². The summed E-state index contributed by atoms with van der Waals surface area (Å²) in [7, 11) is 0. The van der Waals surface area contributed by atoms with Gasteiger partial charge >= 0.3 is 0 Å². The van der Waals surface area contributed by atoms with Crippen molar-refractivity contribution in [1.29, 1.82) is 0 Å². The zero-order chi connectivity index (χ0) is 21.0. The summed E-state index contributed by atoms with van der Waals surface area (Å²) in [6.07, 6.45) is -7.44. The predicted octanol–water partition coefficient (Wildman–Crippen LogP) is -0.499. The number of amides is 1. The van der Waals surface area contributed by atoms with Gasteiger partial charge in [0.25, 0.3) is 5.91 Å². The Balaban J connectivity index is 1.78. The number of ether oxygens (including phenoxy) is 2. The van der Waals surface area contributed by atoms with E-state index in [-0.39, 0.29) is 23.6 Å². The molecule has 2 aromatic carbocycles. The van der Waals surface area contributed by atoms with Crippen LogP contribution in [0.5, 0.6) is 11.5 Å². The van der Waals surface area contributed by atoms with Crippen molar-refractivity contribution in [3.8, 4) is 11.5 Å². The van der Waals surface area contributed by atoms with E-state index in [1.807, 2.05) is 30.3 Å². The van der Waals surface area contributed by atoms with Crippen molar-refractivity contribution in [2.24, 2.45) is 0 Å². The van der Waals surface area contributed by atoms with Crippen LogP contribution in [0.3, 0.4) is 0 Å². The lowest BCUT2D eigenvalue weighted by atomic mass is 9.99. The molecule has 1 aliphatic heterocycles. The number of hydrogen-bond acceptors (Lipinski definition) is 8. The largest absolute Gasteiger partial charge is 0.507 e. The molecule has 0 bridgehead atoms. The lowest BCUT2D eigenvalue weighted by molar-refractivity contribution is -0.277. The molecule has 1 saturated heterocycles. The quantitative estimate of drug-likeness (QED) is 0.377. The monoisotopic (exact) mass is 405 g/mol. The minimum Gasteiger partial charge on any atom is -0.507 e. The number of aliphatic hydroxyl groups excluding tert-OH is 4. The average molecular weight is 405 g/mol. The lowest BCUT2D eigenvalue weighted by Gasteiger charge is -2.39. The van der Waals surface area contributed by atoms with Crippen molar-refractivity contribution in [3.63, 3.8) is 0 Å². The molecule has 29 heavy (non-hydrogen) atoms. The number of aromatic hydroxyl groups is 1. The van der Waals surface area contributed by atoms with E-state index in [1.165, 1.54) is 18.2 Å². The molecule has 1 heterocycles. The van der Waals surface area contributed by atoms with Gasteiger partial charge in [-0.05, 0) is 17.7 Å². The average Bonchev–Trinajstić information content (AvgIpc) is 2.73. The summed E-state index contributed by atoms with van der Waals surface area (Å²) in [5.41, 5.74) is 0.674. The third-order valence-electron chi connectivity index (χ3n) is 4.62. The summed E-state index contributed by atoms with van der Waals surface area (Å²) in [5.74, 6) is -1.07. The maximum Gasteiger partial charge on any atom is 0.259 e. The highest BCUT2D eigenvalue weighted by Crippen LogP contribution is 2.31. The summed E-state index contributed by atoms with van der Waals surface area (Å²) in [4.78, 5) is 12.6. The van der Waals surface area contributed by atoms with Crippen molar-refractivity contribution in [3.05, 3.63) is 59.7 Å². The van der Waals surface area contributed by atoms with E-state index < -0.39 is 43.2 Å². The lowest BCUT2D eigenvalue weighted by Crippen LogP contribution is -2.60. The van der Waals surface area contributed by atoms with Crippen LogP contribution in [0.15, 0.2) is 48.5 Å². The highest BCUT2D eigenvalue weighted by molar-refractivity contribution is 5.99. The molecule has 0 spiro atoms. The summed E-state index contributed by atoms with van der Waals surface area (Å²) in [6, 6.07) is 13.3. The van der Waals surface area contributed by atoms with Crippen LogP contribution in [0.4, 0.5) is 0 Å². The van der Waals surface area contributed by atoms with Gasteiger partial charge in [-0.1, -0.05) is 36.4 Å². The fraction of sp³-hybridized carbons (Fsp3) is 0.350. The van der Waals surface area contributed by atoms with E-state index in [0.717, 1.165) is 5.56 Å². The maximum absolute atomic E-state index is 12.6. The fourth-order valence-corrected chi connectivity index (χ4v) is 3.00. The van der Waals surface area contributed by atoms with Gasteiger partial charge in [-0.2, -0.15) is 0 Å². The molecular weight excluding hydrogens is 382 g/mol. The fourth-order valence-electron chi connectivity index (χ4n) is 3.00. The van der Waals surface area contributed by atoms with E-state index in [0.29, 0.717) is 0 Å². The molecule has 1 amide bonds. The number of hydrogen-bond donors (Lipinski definition) is 6. The van der Waals surface area contributed by atoms with Crippen molar-refractivity contribution in [2.45, 2.75) is 37.3 Å². The van der Waals surface area contributed by atoms with E-state index in [4.69, 9.17) is 9.47 Å². The molecule has 1 fully saturated rings. The molecule has 1 aliphatic rings. The number of carbonyl (C=O) groups excluding carboxylic acids is 1. The van der Waals surface area contributed by atoms with Crippen LogP contribution in [0.2, 0.25) is 0 Å².